The van der Waals surface area contributed by atoms with Gasteiger partial charge in [0.25, 0.3) is 11.5 Å². The van der Waals surface area contributed by atoms with Crippen LogP contribution in [0.2, 0.25) is 5.02 Å². The average molecular weight is 562 g/mol. The normalized spacial score (nSPS) is 11.5. The van der Waals surface area contributed by atoms with E-state index in [1.165, 1.54) is 10.6 Å². The Balaban J connectivity index is 1.33. The molecule has 5 aromatic rings. The number of fused-ring (bicyclic) bond motifs is 1. The van der Waals surface area contributed by atoms with Gasteiger partial charge in [-0.3, -0.25) is 19.7 Å². The first-order chi connectivity index (χ1) is 18.7. The van der Waals surface area contributed by atoms with Gasteiger partial charge in [0, 0.05) is 52.8 Å². The van der Waals surface area contributed by atoms with Gasteiger partial charge in [0.15, 0.2) is 9.84 Å². The maximum atomic E-state index is 12.9. The number of hydrogen-bond donors (Lipinski definition) is 2. The van der Waals surface area contributed by atoms with Gasteiger partial charge >= 0.3 is 0 Å². The maximum absolute atomic E-state index is 12.9. The number of aromatic nitrogens is 4. The molecule has 0 aliphatic heterocycles. The summed E-state index contributed by atoms with van der Waals surface area (Å²) in [7, 11) is -3.57. The van der Waals surface area contributed by atoms with Crippen LogP contribution in [0.25, 0.3) is 10.9 Å². The maximum Gasteiger partial charge on any atom is 0.251 e. The Kier molecular flexibility index (Phi) is 7.32. The second kappa shape index (κ2) is 10.8. The number of H-pyrrole nitrogens is 1. The summed E-state index contributed by atoms with van der Waals surface area (Å²) in [6, 6.07) is 18.6. The molecule has 2 aromatic carbocycles. The van der Waals surface area contributed by atoms with Crippen LogP contribution >= 0.6 is 11.6 Å². The lowest BCUT2D eigenvalue weighted by Gasteiger charge is -2.12. The lowest BCUT2D eigenvalue weighted by molar-refractivity contribution is 0.0950. The monoisotopic (exact) mass is 561 g/mol. The highest BCUT2D eigenvalue weighted by Crippen LogP contribution is 2.22. The van der Waals surface area contributed by atoms with Crippen LogP contribution in [0.1, 0.15) is 32.9 Å². The van der Waals surface area contributed by atoms with Gasteiger partial charge in [0.1, 0.15) is 0 Å². The first-order valence-corrected chi connectivity index (χ1v) is 14.3. The third-order valence-corrected chi connectivity index (χ3v) is 7.67. The van der Waals surface area contributed by atoms with Crippen molar-refractivity contribution in [2.24, 2.45) is 0 Å². The number of benzene rings is 2. The van der Waals surface area contributed by atoms with Crippen molar-refractivity contribution >= 4 is 38.2 Å². The van der Waals surface area contributed by atoms with Crippen molar-refractivity contribution in [1.82, 2.24) is 25.1 Å². The molecule has 9 nitrogen and oxygen atoms in total. The predicted molar refractivity (Wildman–Crippen MR) is 149 cm³/mol. The fraction of sp³-hybridized carbons (Fsp3) is 0.143. The molecular formula is C28H24ClN5O4S. The van der Waals surface area contributed by atoms with Crippen molar-refractivity contribution in [2.75, 3.05) is 6.26 Å². The minimum absolute atomic E-state index is 0.133. The number of aromatic amines is 1. The summed E-state index contributed by atoms with van der Waals surface area (Å²) in [5.74, 6) is -0.294. The molecule has 0 aliphatic rings. The Morgan fingerprint density at radius 3 is 2.72 bits per heavy atom. The number of halogens is 1. The fourth-order valence-corrected chi connectivity index (χ4v) is 5.47. The van der Waals surface area contributed by atoms with Gasteiger partial charge in [0.05, 0.1) is 29.2 Å². The van der Waals surface area contributed by atoms with Gasteiger partial charge in [-0.1, -0.05) is 29.8 Å². The highest BCUT2D eigenvalue weighted by molar-refractivity contribution is 7.90. The van der Waals surface area contributed by atoms with Gasteiger partial charge in [-0.15, -0.1) is 0 Å². The molecule has 39 heavy (non-hydrogen) atoms. The number of hydrogen-bond acceptors (Lipinski definition) is 6. The first kappa shape index (κ1) is 26.3. The van der Waals surface area contributed by atoms with E-state index < -0.39 is 9.84 Å². The zero-order valence-corrected chi connectivity index (χ0v) is 22.5. The summed E-state index contributed by atoms with van der Waals surface area (Å²) in [6.07, 6.45) is 4.62. The van der Waals surface area contributed by atoms with Crippen LogP contribution in [0.4, 0.5) is 0 Å². The molecule has 0 spiro atoms. The molecular weight excluding hydrogens is 538 g/mol. The third-order valence-electron chi connectivity index (χ3n) is 6.25. The van der Waals surface area contributed by atoms with Crippen molar-refractivity contribution in [3.05, 3.63) is 123 Å². The number of sulfone groups is 1. The molecule has 0 saturated heterocycles. The van der Waals surface area contributed by atoms with E-state index in [1.54, 1.807) is 67.0 Å². The number of rotatable bonds is 8. The Bertz CT molecular complexity index is 1860. The highest BCUT2D eigenvalue weighted by Gasteiger charge is 2.16. The summed E-state index contributed by atoms with van der Waals surface area (Å²) < 4.78 is 26.6. The van der Waals surface area contributed by atoms with Gasteiger partial charge in [-0.25, -0.2) is 8.42 Å². The largest absolute Gasteiger partial charge is 0.346 e. The standard InChI is InChI=1S/C28H24ClN5O4S/c1-39(37,38)26-13-18(5-6-20(26)17-34-11-3-2-4-27(34)35)12-22-14-19(9-10-30-22)28(36)31-16-25-23-15-21(29)7-8-24(23)32-33-25/h2-11,13-15H,12,16-17H2,1H3,(H,31,36)(H,32,33). The van der Waals surface area contributed by atoms with Crippen molar-refractivity contribution in [3.8, 4) is 0 Å². The van der Waals surface area contributed by atoms with E-state index in [9.17, 15) is 18.0 Å². The number of nitrogens with zero attached hydrogens (tertiary/aromatic N) is 3. The topological polar surface area (TPSA) is 127 Å². The van der Waals surface area contributed by atoms with Crippen molar-refractivity contribution < 1.29 is 13.2 Å². The number of carbonyl (C=O) groups is 1. The molecule has 0 atom stereocenters. The summed E-state index contributed by atoms with van der Waals surface area (Å²) in [4.78, 5) is 29.5. The van der Waals surface area contributed by atoms with Gasteiger partial charge in [0.2, 0.25) is 0 Å². The Hall–Kier alpha value is -4.28. The molecule has 3 aromatic heterocycles. The van der Waals surface area contributed by atoms with E-state index in [1.807, 2.05) is 6.07 Å². The van der Waals surface area contributed by atoms with Crippen LogP contribution in [-0.2, 0) is 29.3 Å². The average Bonchev–Trinajstić information content (AvgIpc) is 3.31. The quantitative estimate of drug-likeness (QED) is 0.297. The van der Waals surface area contributed by atoms with Gasteiger partial charge in [-0.05, 0) is 53.6 Å². The van der Waals surface area contributed by atoms with E-state index in [0.717, 1.165) is 17.2 Å². The lowest BCUT2D eigenvalue weighted by Crippen LogP contribution is -2.23. The minimum Gasteiger partial charge on any atom is -0.346 e. The molecule has 0 bridgehead atoms. The first-order valence-electron chi connectivity index (χ1n) is 12.0. The summed E-state index contributed by atoms with van der Waals surface area (Å²) in [5, 5.41) is 11.5. The lowest BCUT2D eigenvalue weighted by atomic mass is 10.1. The van der Waals surface area contributed by atoms with Gasteiger partial charge in [-0.2, -0.15) is 5.10 Å². The predicted octanol–water partition coefficient (Wildman–Crippen LogP) is 3.75. The second-order valence-electron chi connectivity index (χ2n) is 9.14. The van der Waals surface area contributed by atoms with Crippen LogP contribution in [0.5, 0.6) is 0 Å². The van der Waals surface area contributed by atoms with E-state index >= 15 is 0 Å². The van der Waals surface area contributed by atoms with E-state index in [0.29, 0.717) is 39.5 Å². The number of amides is 1. The molecule has 0 saturated carbocycles. The van der Waals surface area contributed by atoms with E-state index in [2.05, 4.69) is 20.5 Å². The van der Waals surface area contributed by atoms with E-state index in [-0.39, 0.29) is 29.5 Å². The van der Waals surface area contributed by atoms with Crippen molar-refractivity contribution in [2.45, 2.75) is 24.4 Å². The second-order valence-corrected chi connectivity index (χ2v) is 11.6. The van der Waals surface area contributed by atoms with Crippen LogP contribution in [0.15, 0.2) is 88.8 Å². The fourth-order valence-electron chi connectivity index (χ4n) is 4.33. The third kappa shape index (κ3) is 6.08. The smallest absolute Gasteiger partial charge is 0.251 e. The Morgan fingerprint density at radius 1 is 1.08 bits per heavy atom. The molecule has 2 N–H and O–H groups in total. The molecule has 3 heterocycles. The van der Waals surface area contributed by atoms with Crippen molar-refractivity contribution in [3.63, 3.8) is 0 Å². The number of nitrogens with one attached hydrogen (secondary N) is 2. The number of carbonyl (C=O) groups excluding carboxylic acids is 1. The molecule has 0 aliphatic carbocycles. The summed E-state index contributed by atoms with van der Waals surface area (Å²) in [6.45, 7) is 0.342. The number of pyridine rings is 2. The minimum atomic E-state index is -3.57. The molecule has 198 valence electrons. The zero-order chi connectivity index (χ0) is 27.6. The van der Waals surface area contributed by atoms with Crippen LogP contribution < -0.4 is 10.9 Å². The van der Waals surface area contributed by atoms with Crippen LogP contribution in [-0.4, -0.2) is 40.3 Å². The molecule has 0 radical (unpaired) electrons. The summed E-state index contributed by atoms with van der Waals surface area (Å²) in [5.41, 5.74) is 3.52. The Labute approximate surface area is 229 Å². The van der Waals surface area contributed by atoms with Crippen LogP contribution in [0.3, 0.4) is 0 Å². The molecule has 11 heteroatoms. The molecule has 0 unspecified atom stereocenters. The summed E-state index contributed by atoms with van der Waals surface area (Å²) >= 11 is 6.09. The molecule has 0 fully saturated rings. The molecule has 5 rings (SSSR count). The zero-order valence-electron chi connectivity index (χ0n) is 20.9. The van der Waals surface area contributed by atoms with E-state index in [4.69, 9.17) is 11.6 Å². The van der Waals surface area contributed by atoms with Gasteiger partial charge < -0.3 is 9.88 Å². The highest BCUT2D eigenvalue weighted by atomic mass is 35.5. The van der Waals surface area contributed by atoms with Crippen molar-refractivity contribution in [1.29, 1.82) is 0 Å². The SMILES string of the molecule is CS(=O)(=O)c1cc(Cc2cc(C(=O)NCc3n[nH]c4ccc(Cl)cc34)ccn2)ccc1Cn1ccccc1=O. The van der Waals surface area contributed by atoms with Crippen LogP contribution in [0, 0.1) is 0 Å². The Morgan fingerprint density at radius 2 is 1.92 bits per heavy atom. The molecule has 1 amide bonds.